The van der Waals surface area contributed by atoms with Crippen molar-refractivity contribution in [2.75, 3.05) is 39.3 Å². The third-order valence-electron chi connectivity index (χ3n) is 4.97. The van der Waals surface area contributed by atoms with Crippen LogP contribution >= 0.6 is 12.4 Å². The second-order valence-electron chi connectivity index (χ2n) is 6.86. The topological polar surface area (TPSA) is 18.5 Å². The second-order valence-corrected chi connectivity index (χ2v) is 6.86. The van der Waals surface area contributed by atoms with Crippen LogP contribution in [0.4, 0.5) is 0 Å². The zero-order valence-corrected chi connectivity index (χ0v) is 14.7. The van der Waals surface area contributed by atoms with Crippen molar-refractivity contribution in [1.82, 2.24) is 15.1 Å². The quantitative estimate of drug-likeness (QED) is 0.919. The van der Waals surface area contributed by atoms with Gasteiger partial charge in [0.1, 0.15) is 0 Å². The minimum atomic E-state index is 0. The Morgan fingerprint density at radius 2 is 1.77 bits per heavy atom. The standard InChI is InChI=1S/C18H29N3.ClH/c1-15(2)17-5-3-16(4-6-17)13-20-10-7-18(14-20)21-11-8-19-9-12-21;/h3-6,15,18-19H,7-14H2,1-2H3;1H. The third-order valence-corrected chi connectivity index (χ3v) is 4.97. The van der Waals surface area contributed by atoms with Crippen molar-refractivity contribution in [3.8, 4) is 0 Å². The molecule has 124 valence electrons. The molecule has 2 aliphatic rings. The van der Waals surface area contributed by atoms with Gasteiger partial charge in [0.25, 0.3) is 0 Å². The third kappa shape index (κ3) is 4.45. The molecule has 2 saturated heterocycles. The molecule has 2 aliphatic heterocycles. The predicted octanol–water partition coefficient (Wildman–Crippen LogP) is 2.71. The molecule has 0 bridgehead atoms. The Labute approximate surface area is 141 Å². The molecule has 2 heterocycles. The van der Waals surface area contributed by atoms with Gasteiger partial charge in [0.05, 0.1) is 0 Å². The lowest BCUT2D eigenvalue weighted by atomic mass is 10.0. The van der Waals surface area contributed by atoms with Crippen molar-refractivity contribution >= 4 is 12.4 Å². The van der Waals surface area contributed by atoms with Gasteiger partial charge in [-0.3, -0.25) is 9.80 Å². The van der Waals surface area contributed by atoms with Gasteiger partial charge in [0.15, 0.2) is 0 Å². The minimum Gasteiger partial charge on any atom is -0.314 e. The highest BCUT2D eigenvalue weighted by molar-refractivity contribution is 5.85. The van der Waals surface area contributed by atoms with E-state index in [0.717, 1.165) is 25.7 Å². The predicted molar refractivity (Wildman–Crippen MR) is 95.9 cm³/mol. The van der Waals surface area contributed by atoms with E-state index >= 15 is 0 Å². The summed E-state index contributed by atoms with van der Waals surface area (Å²) >= 11 is 0. The number of nitrogens with zero attached hydrogens (tertiary/aromatic N) is 2. The first kappa shape index (κ1) is 17.7. The molecule has 0 aromatic heterocycles. The maximum absolute atomic E-state index is 3.45. The van der Waals surface area contributed by atoms with Crippen molar-refractivity contribution in [3.05, 3.63) is 35.4 Å². The molecule has 0 spiro atoms. The van der Waals surface area contributed by atoms with Gasteiger partial charge in [-0.15, -0.1) is 12.4 Å². The summed E-state index contributed by atoms with van der Waals surface area (Å²) < 4.78 is 0. The Hall–Kier alpha value is -0.610. The molecule has 3 rings (SSSR count). The summed E-state index contributed by atoms with van der Waals surface area (Å²) in [5.74, 6) is 0.628. The maximum atomic E-state index is 3.45. The van der Waals surface area contributed by atoms with E-state index in [1.807, 2.05) is 0 Å². The van der Waals surface area contributed by atoms with E-state index in [0.29, 0.717) is 5.92 Å². The molecule has 0 amide bonds. The highest BCUT2D eigenvalue weighted by atomic mass is 35.5. The van der Waals surface area contributed by atoms with Crippen molar-refractivity contribution < 1.29 is 0 Å². The van der Waals surface area contributed by atoms with Crippen molar-refractivity contribution in [1.29, 1.82) is 0 Å². The molecule has 1 aromatic carbocycles. The van der Waals surface area contributed by atoms with Crippen LogP contribution in [0.2, 0.25) is 0 Å². The molecule has 22 heavy (non-hydrogen) atoms. The molecule has 0 saturated carbocycles. The Kier molecular flexibility index (Phi) is 6.69. The van der Waals surface area contributed by atoms with Gasteiger partial charge in [-0.1, -0.05) is 38.1 Å². The average molecular weight is 324 g/mol. The summed E-state index contributed by atoms with van der Waals surface area (Å²) in [4.78, 5) is 5.30. The molecule has 0 aliphatic carbocycles. The second kappa shape index (κ2) is 8.30. The fraction of sp³-hybridized carbons (Fsp3) is 0.667. The molecule has 1 atom stereocenters. The lowest BCUT2D eigenvalue weighted by molar-refractivity contribution is 0.170. The zero-order valence-electron chi connectivity index (χ0n) is 13.9. The summed E-state index contributed by atoms with van der Waals surface area (Å²) in [6.07, 6.45) is 1.34. The highest BCUT2D eigenvalue weighted by Gasteiger charge is 2.28. The van der Waals surface area contributed by atoms with E-state index in [-0.39, 0.29) is 12.4 Å². The van der Waals surface area contributed by atoms with E-state index in [1.165, 1.54) is 43.7 Å². The number of rotatable bonds is 4. The minimum absolute atomic E-state index is 0. The van der Waals surface area contributed by atoms with Crippen LogP contribution in [0.15, 0.2) is 24.3 Å². The SMILES string of the molecule is CC(C)c1ccc(CN2CCC(N3CCNCC3)C2)cc1.Cl. The average Bonchev–Trinajstić information content (AvgIpc) is 2.97. The number of hydrogen-bond acceptors (Lipinski definition) is 3. The number of nitrogens with one attached hydrogen (secondary N) is 1. The van der Waals surface area contributed by atoms with E-state index in [9.17, 15) is 0 Å². The lowest BCUT2D eigenvalue weighted by Gasteiger charge is -2.32. The van der Waals surface area contributed by atoms with Crippen molar-refractivity contribution in [2.24, 2.45) is 0 Å². The Bertz CT molecular complexity index is 440. The molecule has 1 N–H and O–H groups in total. The Morgan fingerprint density at radius 1 is 1.09 bits per heavy atom. The number of likely N-dealkylation sites (tertiary alicyclic amines) is 1. The first-order chi connectivity index (χ1) is 10.2. The number of benzene rings is 1. The van der Waals surface area contributed by atoms with E-state index in [1.54, 1.807) is 0 Å². The van der Waals surface area contributed by atoms with Gasteiger partial charge in [-0.25, -0.2) is 0 Å². The summed E-state index contributed by atoms with van der Waals surface area (Å²) in [6.45, 7) is 12.9. The van der Waals surface area contributed by atoms with Crippen LogP contribution in [-0.4, -0.2) is 55.1 Å². The number of piperazine rings is 1. The maximum Gasteiger partial charge on any atom is 0.0236 e. The fourth-order valence-electron chi connectivity index (χ4n) is 3.57. The zero-order chi connectivity index (χ0) is 14.7. The van der Waals surface area contributed by atoms with Crippen LogP contribution in [0, 0.1) is 0 Å². The van der Waals surface area contributed by atoms with Gasteiger partial charge in [0.2, 0.25) is 0 Å². The molecule has 4 heteroatoms. The fourth-order valence-corrected chi connectivity index (χ4v) is 3.57. The molecule has 1 unspecified atom stereocenters. The van der Waals surface area contributed by atoms with E-state index in [2.05, 4.69) is 53.2 Å². The first-order valence-electron chi connectivity index (χ1n) is 8.48. The molecule has 3 nitrogen and oxygen atoms in total. The van der Waals surface area contributed by atoms with E-state index < -0.39 is 0 Å². The highest BCUT2D eigenvalue weighted by Crippen LogP contribution is 2.20. The van der Waals surface area contributed by atoms with Crippen LogP contribution in [0.5, 0.6) is 0 Å². The summed E-state index contributed by atoms with van der Waals surface area (Å²) in [5.41, 5.74) is 2.90. The van der Waals surface area contributed by atoms with E-state index in [4.69, 9.17) is 0 Å². The van der Waals surface area contributed by atoms with Crippen molar-refractivity contribution in [2.45, 2.75) is 38.8 Å². The van der Waals surface area contributed by atoms with Crippen LogP contribution in [0.25, 0.3) is 0 Å². The summed E-state index contributed by atoms with van der Waals surface area (Å²) in [7, 11) is 0. The van der Waals surface area contributed by atoms with Crippen LogP contribution < -0.4 is 5.32 Å². The van der Waals surface area contributed by atoms with Gasteiger partial charge in [-0.05, 0) is 23.5 Å². The lowest BCUT2D eigenvalue weighted by Crippen LogP contribution is -2.49. The molecular weight excluding hydrogens is 294 g/mol. The van der Waals surface area contributed by atoms with Crippen molar-refractivity contribution in [3.63, 3.8) is 0 Å². The smallest absolute Gasteiger partial charge is 0.0236 e. The number of hydrogen-bond donors (Lipinski definition) is 1. The Balaban J connectivity index is 0.00000176. The summed E-state index contributed by atoms with van der Waals surface area (Å²) in [5, 5.41) is 3.45. The molecule has 2 fully saturated rings. The van der Waals surface area contributed by atoms with Crippen LogP contribution in [0.3, 0.4) is 0 Å². The number of halogens is 1. The van der Waals surface area contributed by atoms with Gasteiger partial charge < -0.3 is 5.32 Å². The van der Waals surface area contributed by atoms with Crippen LogP contribution in [0.1, 0.15) is 37.3 Å². The summed E-state index contributed by atoms with van der Waals surface area (Å²) in [6, 6.07) is 10.00. The molecule has 0 radical (unpaired) electrons. The van der Waals surface area contributed by atoms with Crippen LogP contribution in [-0.2, 0) is 6.54 Å². The monoisotopic (exact) mass is 323 g/mol. The largest absolute Gasteiger partial charge is 0.314 e. The normalized spacial score (nSPS) is 23.7. The first-order valence-corrected chi connectivity index (χ1v) is 8.48. The van der Waals surface area contributed by atoms with Gasteiger partial charge in [-0.2, -0.15) is 0 Å². The Morgan fingerprint density at radius 3 is 2.41 bits per heavy atom. The molecule has 1 aromatic rings. The van der Waals surface area contributed by atoms with Gasteiger partial charge >= 0.3 is 0 Å². The molecular formula is C18H30ClN3. The van der Waals surface area contributed by atoms with Gasteiger partial charge in [0, 0.05) is 51.9 Å².